The van der Waals surface area contributed by atoms with Crippen LogP contribution in [-0.2, 0) is 11.3 Å². The minimum Gasteiger partial charge on any atom is -0.481 e. The summed E-state index contributed by atoms with van der Waals surface area (Å²) in [6.45, 7) is 6.51. The first-order valence-electron chi connectivity index (χ1n) is 7.96. The lowest BCUT2D eigenvalue weighted by Crippen LogP contribution is -2.32. The summed E-state index contributed by atoms with van der Waals surface area (Å²) in [6.07, 6.45) is 1.33. The number of carbonyl (C=O) groups is 2. The maximum Gasteiger partial charge on any atom is 0.309 e. The van der Waals surface area contributed by atoms with Crippen LogP contribution in [0.25, 0.3) is 10.9 Å². The Labute approximate surface area is 136 Å². The number of carbonyl (C=O) groups excluding carboxylic acids is 1. The molecule has 0 saturated carbocycles. The summed E-state index contributed by atoms with van der Waals surface area (Å²) >= 11 is 0. The van der Waals surface area contributed by atoms with E-state index >= 15 is 0 Å². The van der Waals surface area contributed by atoms with Crippen molar-refractivity contribution in [3.63, 3.8) is 0 Å². The lowest BCUT2D eigenvalue weighted by Gasteiger charge is -2.19. The maximum atomic E-state index is 12.5. The number of hydrogen-bond donors (Lipinski definition) is 2. The van der Waals surface area contributed by atoms with E-state index in [1.54, 1.807) is 13.8 Å². The number of aromatic nitrogens is 1. The molecule has 0 radical (unpaired) electrons. The Kier molecular flexibility index (Phi) is 5.08. The number of carboxylic acids is 1. The molecule has 2 aromatic rings. The number of nitrogens with one attached hydrogen (secondary N) is 1. The van der Waals surface area contributed by atoms with Gasteiger partial charge in [-0.05, 0) is 38.8 Å². The number of aryl methyl sites for hydroxylation is 1. The van der Waals surface area contributed by atoms with E-state index in [2.05, 4.69) is 12.2 Å². The molecule has 0 atom stereocenters. The Balaban J connectivity index is 2.14. The third-order valence-corrected chi connectivity index (χ3v) is 4.10. The number of aliphatic carboxylic acids is 1. The molecule has 1 aromatic heterocycles. The Morgan fingerprint density at radius 3 is 2.61 bits per heavy atom. The van der Waals surface area contributed by atoms with Crippen molar-refractivity contribution in [3.8, 4) is 0 Å². The first-order chi connectivity index (χ1) is 10.9. The maximum absolute atomic E-state index is 12.5. The van der Waals surface area contributed by atoms with Gasteiger partial charge in [-0.25, -0.2) is 0 Å². The van der Waals surface area contributed by atoms with Gasteiger partial charge in [-0.1, -0.05) is 25.1 Å². The van der Waals surface area contributed by atoms with Crippen molar-refractivity contribution >= 4 is 22.8 Å². The van der Waals surface area contributed by atoms with Gasteiger partial charge in [-0.15, -0.1) is 0 Å². The molecule has 0 aliphatic rings. The summed E-state index contributed by atoms with van der Waals surface area (Å²) in [6, 6.07) is 9.81. The van der Waals surface area contributed by atoms with Crippen LogP contribution in [0, 0.1) is 5.41 Å². The summed E-state index contributed by atoms with van der Waals surface area (Å²) in [5.41, 5.74) is 0.829. The van der Waals surface area contributed by atoms with Crippen LogP contribution >= 0.6 is 0 Å². The van der Waals surface area contributed by atoms with E-state index < -0.39 is 11.4 Å². The van der Waals surface area contributed by atoms with Gasteiger partial charge in [0.1, 0.15) is 5.69 Å². The molecule has 5 nitrogen and oxygen atoms in total. The van der Waals surface area contributed by atoms with Crippen molar-refractivity contribution in [3.05, 3.63) is 36.0 Å². The summed E-state index contributed by atoms with van der Waals surface area (Å²) in [5, 5.41) is 13.0. The number of hydrogen-bond acceptors (Lipinski definition) is 2. The van der Waals surface area contributed by atoms with Crippen LogP contribution in [0.5, 0.6) is 0 Å². The lowest BCUT2D eigenvalue weighted by molar-refractivity contribution is -0.147. The highest BCUT2D eigenvalue weighted by molar-refractivity contribution is 5.98. The van der Waals surface area contributed by atoms with Gasteiger partial charge in [0.25, 0.3) is 5.91 Å². The Hall–Kier alpha value is -2.30. The SMILES string of the molecule is CCCn1c(C(=O)NCCC(C)(C)C(=O)O)cc2ccccc21. The van der Waals surface area contributed by atoms with E-state index in [0.717, 1.165) is 23.9 Å². The molecule has 0 bridgehead atoms. The average molecular weight is 316 g/mol. The van der Waals surface area contributed by atoms with Crippen molar-refractivity contribution in [1.82, 2.24) is 9.88 Å². The van der Waals surface area contributed by atoms with Crippen LogP contribution in [-0.4, -0.2) is 28.1 Å². The quantitative estimate of drug-likeness (QED) is 0.823. The predicted molar refractivity (Wildman–Crippen MR) is 90.6 cm³/mol. The van der Waals surface area contributed by atoms with Crippen molar-refractivity contribution in [1.29, 1.82) is 0 Å². The van der Waals surface area contributed by atoms with Gasteiger partial charge in [0.05, 0.1) is 5.41 Å². The predicted octanol–water partition coefficient (Wildman–Crippen LogP) is 3.28. The lowest BCUT2D eigenvalue weighted by atomic mass is 9.90. The molecule has 5 heteroatoms. The summed E-state index contributed by atoms with van der Waals surface area (Å²) in [4.78, 5) is 23.6. The number of para-hydroxylation sites is 1. The van der Waals surface area contributed by atoms with Crippen molar-refractivity contribution in [2.75, 3.05) is 6.54 Å². The third kappa shape index (κ3) is 3.73. The van der Waals surface area contributed by atoms with Gasteiger partial charge in [0.15, 0.2) is 0 Å². The van der Waals surface area contributed by atoms with E-state index in [0.29, 0.717) is 18.7 Å². The minimum absolute atomic E-state index is 0.157. The van der Waals surface area contributed by atoms with Crippen LogP contribution in [0.4, 0.5) is 0 Å². The van der Waals surface area contributed by atoms with E-state index in [4.69, 9.17) is 5.11 Å². The Morgan fingerprint density at radius 1 is 1.26 bits per heavy atom. The summed E-state index contributed by atoms with van der Waals surface area (Å²) in [7, 11) is 0. The minimum atomic E-state index is -0.855. The highest BCUT2D eigenvalue weighted by atomic mass is 16.4. The van der Waals surface area contributed by atoms with Gasteiger partial charge in [0, 0.05) is 24.0 Å². The largest absolute Gasteiger partial charge is 0.481 e. The normalized spacial score (nSPS) is 11.6. The molecule has 1 amide bonds. The number of fused-ring (bicyclic) bond motifs is 1. The zero-order chi connectivity index (χ0) is 17.0. The topological polar surface area (TPSA) is 71.3 Å². The number of benzene rings is 1. The van der Waals surface area contributed by atoms with Gasteiger partial charge in [-0.3, -0.25) is 9.59 Å². The van der Waals surface area contributed by atoms with E-state index in [9.17, 15) is 9.59 Å². The van der Waals surface area contributed by atoms with Gasteiger partial charge in [-0.2, -0.15) is 0 Å². The molecule has 0 aliphatic carbocycles. The molecular formula is C18H24N2O3. The molecule has 23 heavy (non-hydrogen) atoms. The molecule has 2 N–H and O–H groups in total. The fourth-order valence-electron chi connectivity index (χ4n) is 2.55. The highest BCUT2D eigenvalue weighted by Gasteiger charge is 2.26. The molecule has 2 rings (SSSR count). The molecule has 124 valence electrons. The van der Waals surface area contributed by atoms with Crippen molar-refractivity contribution in [2.45, 2.75) is 40.2 Å². The smallest absolute Gasteiger partial charge is 0.309 e. The number of nitrogens with zero attached hydrogens (tertiary/aromatic N) is 1. The third-order valence-electron chi connectivity index (χ3n) is 4.10. The second kappa shape index (κ2) is 6.86. The van der Waals surface area contributed by atoms with Crippen LogP contribution in [0.1, 0.15) is 44.1 Å². The average Bonchev–Trinajstić information content (AvgIpc) is 2.86. The first kappa shape index (κ1) is 17.1. The fraction of sp³-hybridized carbons (Fsp3) is 0.444. The van der Waals surface area contributed by atoms with Crippen LogP contribution in [0.3, 0.4) is 0 Å². The van der Waals surface area contributed by atoms with Crippen LogP contribution < -0.4 is 5.32 Å². The molecule has 0 aliphatic heterocycles. The second-order valence-electron chi connectivity index (χ2n) is 6.43. The molecule has 0 saturated heterocycles. The van der Waals surface area contributed by atoms with E-state index in [1.807, 2.05) is 34.9 Å². The second-order valence-corrected chi connectivity index (χ2v) is 6.43. The van der Waals surface area contributed by atoms with Gasteiger partial charge < -0.3 is 15.0 Å². The van der Waals surface area contributed by atoms with Gasteiger partial charge in [0.2, 0.25) is 0 Å². The van der Waals surface area contributed by atoms with Crippen LogP contribution in [0.2, 0.25) is 0 Å². The number of rotatable bonds is 7. The standard InChI is InChI=1S/C18H24N2O3/c1-4-11-20-14-8-6-5-7-13(14)12-15(20)16(21)19-10-9-18(2,3)17(22)23/h5-8,12H,4,9-11H2,1-3H3,(H,19,21)(H,22,23). The zero-order valence-electron chi connectivity index (χ0n) is 13.9. The van der Waals surface area contributed by atoms with Crippen molar-refractivity contribution < 1.29 is 14.7 Å². The fourth-order valence-corrected chi connectivity index (χ4v) is 2.55. The van der Waals surface area contributed by atoms with E-state index in [-0.39, 0.29) is 5.91 Å². The molecule has 0 spiro atoms. The number of carboxylic acid groups (broad SMARTS) is 1. The molecule has 1 aromatic carbocycles. The number of amides is 1. The van der Waals surface area contributed by atoms with Gasteiger partial charge >= 0.3 is 5.97 Å². The summed E-state index contributed by atoms with van der Waals surface area (Å²) in [5.74, 6) is -1.01. The monoisotopic (exact) mass is 316 g/mol. The zero-order valence-corrected chi connectivity index (χ0v) is 13.9. The Morgan fingerprint density at radius 2 is 1.96 bits per heavy atom. The molecule has 0 unspecified atom stereocenters. The Bertz CT molecular complexity index is 716. The molecule has 0 fully saturated rings. The van der Waals surface area contributed by atoms with Crippen LogP contribution in [0.15, 0.2) is 30.3 Å². The van der Waals surface area contributed by atoms with Crippen molar-refractivity contribution in [2.24, 2.45) is 5.41 Å². The molecular weight excluding hydrogens is 292 g/mol. The molecule has 1 heterocycles. The van der Waals surface area contributed by atoms with E-state index in [1.165, 1.54) is 0 Å². The highest BCUT2D eigenvalue weighted by Crippen LogP contribution is 2.21. The summed E-state index contributed by atoms with van der Waals surface area (Å²) < 4.78 is 2.02. The first-order valence-corrected chi connectivity index (χ1v) is 7.96.